The summed E-state index contributed by atoms with van der Waals surface area (Å²) in [5.41, 5.74) is 1.91. The fraction of sp³-hybridized carbons (Fsp3) is 0.579. The predicted molar refractivity (Wildman–Crippen MR) is 94.1 cm³/mol. The van der Waals surface area contributed by atoms with Crippen LogP contribution in [0.1, 0.15) is 19.3 Å². The molecule has 2 saturated heterocycles. The van der Waals surface area contributed by atoms with Crippen molar-refractivity contribution in [1.82, 2.24) is 14.9 Å². The molecule has 3 heterocycles. The molecule has 134 valence electrons. The number of rotatable bonds is 4. The third kappa shape index (κ3) is 3.70. The fourth-order valence-corrected chi connectivity index (χ4v) is 4.09. The van der Waals surface area contributed by atoms with E-state index >= 15 is 0 Å². The van der Waals surface area contributed by atoms with Gasteiger partial charge in [-0.1, -0.05) is 12.1 Å². The summed E-state index contributed by atoms with van der Waals surface area (Å²) in [6.07, 6.45) is 4.75. The summed E-state index contributed by atoms with van der Waals surface area (Å²) >= 11 is 0. The maximum absolute atomic E-state index is 12.6. The Kier molecular flexibility index (Phi) is 4.99. The summed E-state index contributed by atoms with van der Waals surface area (Å²) in [7, 11) is 0. The molecule has 4 rings (SSSR count). The second-order valence-corrected chi connectivity index (χ2v) is 7.01. The van der Waals surface area contributed by atoms with Crippen molar-refractivity contribution in [1.29, 1.82) is 0 Å². The van der Waals surface area contributed by atoms with Crippen LogP contribution in [-0.2, 0) is 20.8 Å². The van der Waals surface area contributed by atoms with Gasteiger partial charge in [0.05, 0.1) is 24.0 Å². The Morgan fingerprint density at radius 2 is 1.96 bits per heavy atom. The van der Waals surface area contributed by atoms with Crippen LogP contribution >= 0.6 is 0 Å². The minimum atomic E-state index is 0.0483. The molecule has 0 spiro atoms. The number of nitrogens with one attached hydrogen (secondary N) is 1. The van der Waals surface area contributed by atoms with E-state index in [0.29, 0.717) is 18.4 Å². The van der Waals surface area contributed by atoms with Crippen molar-refractivity contribution < 1.29 is 14.3 Å². The highest BCUT2D eigenvalue weighted by Crippen LogP contribution is 2.30. The quantitative estimate of drug-likeness (QED) is 0.922. The monoisotopic (exact) mass is 343 g/mol. The van der Waals surface area contributed by atoms with Crippen LogP contribution in [0.5, 0.6) is 0 Å². The van der Waals surface area contributed by atoms with Crippen LogP contribution in [0, 0.1) is 11.8 Å². The van der Waals surface area contributed by atoms with Crippen LogP contribution in [0.2, 0.25) is 0 Å². The summed E-state index contributed by atoms with van der Waals surface area (Å²) in [6.45, 7) is 3.41. The van der Waals surface area contributed by atoms with Crippen LogP contribution in [0.25, 0.3) is 11.0 Å². The first-order chi connectivity index (χ1) is 12.3. The Morgan fingerprint density at radius 3 is 2.84 bits per heavy atom. The average molecular weight is 343 g/mol. The molecule has 0 radical (unpaired) electrons. The highest BCUT2D eigenvalue weighted by atomic mass is 16.5. The molecule has 6 nitrogen and oxygen atoms in total. The molecule has 0 bridgehead atoms. The van der Waals surface area contributed by atoms with Gasteiger partial charge in [0, 0.05) is 31.8 Å². The predicted octanol–water partition coefficient (Wildman–Crippen LogP) is 1.98. The van der Waals surface area contributed by atoms with Gasteiger partial charge in [0.2, 0.25) is 5.91 Å². The van der Waals surface area contributed by atoms with Crippen LogP contribution in [0.4, 0.5) is 0 Å². The number of carbonyl (C=O) groups excluding carboxylic acids is 1. The summed E-state index contributed by atoms with van der Waals surface area (Å²) in [4.78, 5) is 17.0. The van der Waals surface area contributed by atoms with Gasteiger partial charge < -0.3 is 19.4 Å². The highest BCUT2D eigenvalue weighted by molar-refractivity contribution is 5.80. The SMILES string of the molecule is O=C(Cn1cnc2ccccc21)N[C@H]1CCOC[C@H]1C1CCOCC1. The number of fused-ring (bicyclic) bond motifs is 1. The van der Waals surface area contributed by atoms with E-state index in [1.807, 2.05) is 28.8 Å². The van der Waals surface area contributed by atoms with Crippen molar-refractivity contribution in [3.63, 3.8) is 0 Å². The number of imidazole rings is 1. The number of hydrogen-bond acceptors (Lipinski definition) is 4. The number of carbonyl (C=O) groups is 1. The largest absolute Gasteiger partial charge is 0.381 e. The van der Waals surface area contributed by atoms with E-state index in [-0.39, 0.29) is 11.9 Å². The van der Waals surface area contributed by atoms with E-state index in [9.17, 15) is 4.79 Å². The van der Waals surface area contributed by atoms with Gasteiger partial charge in [0.1, 0.15) is 6.54 Å². The smallest absolute Gasteiger partial charge is 0.240 e. The molecule has 0 unspecified atom stereocenters. The second-order valence-electron chi connectivity index (χ2n) is 7.01. The van der Waals surface area contributed by atoms with E-state index in [1.54, 1.807) is 6.33 Å². The fourth-order valence-electron chi connectivity index (χ4n) is 4.09. The summed E-state index contributed by atoms with van der Waals surface area (Å²) < 4.78 is 13.1. The standard InChI is InChI=1S/C19H25N3O3/c23-19(11-22-13-20-17-3-1-2-4-18(17)22)21-16-7-10-25-12-15(16)14-5-8-24-9-6-14/h1-4,13-16H,5-12H2,(H,21,23)/t15-,16-/m0/s1. The molecule has 1 amide bonds. The topological polar surface area (TPSA) is 65.4 Å². The number of nitrogens with zero attached hydrogens (tertiary/aromatic N) is 2. The lowest BCUT2D eigenvalue weighted by Crippen LogP contribution is -2.49. The summed E-state index contributed by atoms with van der Waals surface area (Å²) in [5, 5.41) is 3.26. The van der Waals surface area contributed by atoms with Gasteiger partial charge in [-0.15, -0.1) is 0 Å². The molecule has 1 aromatic carbocycles. The van der Waals surface area contributed by atoms with Crippen LogP contribution in [-0.4, -0.2) is 47.9 Å². The Morgan fingerprint density at radius 1 is 1.16 bits per heavy atom. The lowest BCUT2D eigenvalue weighted by molar-refractivity contribution is -0.124. The van der Waals surface area contributed by atoms with Crippen molar-refractivity contribution in [3.8, 4) is 0 Å². The van der Waals surface area contributed by atoms with Crippen molar-refractivity contribution >= 4 is 16.9 Å². The maximum atomic E-state index is 12.6. The molecule has 1 aromatic heterocycles. The number of para-hydroxylation sites is 2. The highest BCUT2D eigenvalue weighted by Gasteiger charge is 2.34. The van der Waals surface area contributed by atoms with Crippen molar-refractivity contribution in [2.75, 3.05) is 26.4 Å². The van der Waals surface area contributed by atoms with Crippen LogP contribution < -0.4 is 5.32 Å². The minimum Gasteiger partial charge on any atom is -0.381 e. The van der Waals surface area contributed by atoms with Crippen LogP contribution in [0.3, 0.4) is 0 Å². The van der Waals surface area contributed by atoms with Gasteiger partial charge in [-0.25, -0.2) is 4.98 Å². The van der Waals surface area contributed by atoms with Gasteiger partial charge in [0.25, 0.3) is 0 Å². The Labute approximate surface area is 147 Å². The lowest BCUT2D eigenvalue weighted by Gasteiger charge is -2.39. The maximum Gasteiger partial charge on any atom is 0.240 e. The Bertz CT molecular complexity index is 724. The summed E-state index contributed by atoms with van der Waals surface area (Å²) in [6, 6.07) is 8.08. The van der Waals surface area contributed by atoms with Crippen molar-refractivity contribution in [3.05, 3.63) is 30.6 Å². The molecule has 25 heavy (non-hydrogen) atoms. The van der Waals surface area contributed by atoms with Crippen molar-refractivity contribution in [2.45, 2.75) is 31.8 Å². The molecule has 0 aliphatic carbocycles. The first-order valence-corrected chi connectivity index (χ1v) is 9.16. The van der Waals surface area contributed by atoms with Gasteiger partial charge in [-0.3, -0.25) is 4.79 Å². The Balaban J connectivity index is 1.41. The second kappa shape index (κ2) is 7.54. The van der Waals surface area contributed by atoms with Crippen molar-refractivity contribution in [2.24, 2.45) is 11.8 Å². The third-order valence-electron chi connectivity index (χ3n) is 5.46. The number of aromatic nitrogens is 2. The molecule has 2 aliphatic heterocycles. The van der Waals surface area contributed by atoms with Gasteiger partial charge >= 0.3 is 0 Å². The summed E-state index contributed by atoms with van der Waals surface area (Å²) in [5.74, 6) is 1.02. The van der Waals surface area contributed by atoms with E-state index in [2.05, 4.69) is 10.3 Å². The van der Waals surface area contributed by atoms with E-state index in [4.69, 9.17) is 9.47 Å². The zero-order chi connectivity index (χ0) is 17.1. The third-order valence-corrected chi connectivity index (χ3v) is 5.46. The molecule has 2 atom stereocenters. The average Bonchev–Trinajstić information content (AvgIpc) is 3.06. The van der Waals surface area contributed by atoms with E-state index < -0.39 is 0 Å². The number of benzene rings is 1. The van der Waals surface area contributed by atoms with E-state index in [0.717, 1.165) is 56.7 Å². The first kappa shape index (κ1) is 16.5. The number of amides is 1. The van der Waals surface area contributed by atoms with Gasteiger partial charge in [0.15, 0.2) is 0 Å². The van der Waals surface area contributed by atoms with Gasteiger partial charge in [-0.2, -0.15) is 0 Å². The van der Waals surface area contributed by atoms with Gasteiger partial charge in [-0.05, 0) is 37.3 Å². The molecule has 2 aliphatic rings. The lowest BCUT2D eigenvalue weighted by atomic mass is 9.79. The molecule has 0 saturated carbocycles. The molecule has 2 aromatic rings. The Hall–Kier alpha value is -1.92. The first-order valence-electron chi connectivity index (χ1n) is 9.16. The number of ether oxygens (including phenoxy) is 2. The molecular weight excluding hydrogens is 318 g/mol. The minimum absolute atomic E-state index is 0.0483. The zero-order valence-corrected chi connectivity index (χ0v) is 14.4. The number of hydrogen-bond donors (Lipinski definition) is 1. The van der Waals surface area contributed by atoms with Crippen LogP contribution in [0.15, 0.2) is 30.6 Å². The molecule has 1 N–H and O–H groups in total. The zero-order valence-electron chi connectivity index (χ0n) is 14.4. The molecular formula is C19H25N3O3. The molecule has 6 heteroatoms. The van der Waals surface area contributed by atoms with E-state index in [1.165, 1.54) is 0 Å². The molecule has 2 fully saturated rings. The normalized spacial score (nSPS) is 25.1.